The Morgan fingerprint density at radius 2 is 2.12 bits per heavy atom. The smallest absolute Gasteiger partial charge is 0.316 e. The Kier molecular flexibility index (Phi) is 3.78. The summed E-state index contributed by atoms with van der Waals surface area (Å²) in [4.78, 5) is 18.7. The molecule has 0 bridgehead atoms. The van der Waals surface area contributed by atoms with Crippen LogP contribution in [0.4, 0.5) is 10.2 Å². The second-order valence-corrected chi connectivity index (χ2v) is 6.82. The minimum atomic E-state index is -0.453. The number of nitrogens with zero attached hydrogens (tertiary/aromatic N) is 5. The standard InChI is InChI=1S/C17H20FN5O/c1-12-5-15(22-11-21-12)23-8-13-3-2-4-17(13,9-23)10-24-16-19-6-14(18)7-20-16/h5-7,11,13H,2-4,8-10H2,1H3. The van der Waals surface area contributed by atoms with Gasteiger partial charge in [0.05, 0.1) is 19.0 Å². The summed E-state index contributed by atoms with van der Waals surface area (Å²) in [5.41, 5.74) is 1.07. The largest absolute Gasteiger partial charge is 0.463 e. The van der Waals surface area contributed by atoms with E-state index in [1.165, 1.54) is 12.8 Å². The van der Waals surface area contributed by atoms with Gasteiger partial charge in [0.2, 0.25) is 0 Å². The molecule has 1 saturated heterocycles. The molecule has 126 valence electrons. The lowest BCUT2D eigenvalue weighted by Crippen LogP contribution is -2.34. The first-order valence-electron chi connectivity index (χ1n) is 8.29. The summed E-state index contributed by atoms with van der Waals surface area (Å²) in [6.45, 7) is 4.44. The molecule has 0 radical (unpaired) electrons. The molecule has 2 aromatic heterocycles. The third kappa shape index (κ3) is 2.79. The minimum absolute atomic E-state index is 0.0939. The van der Waals surface area contributed by atoms with Gasteiger partial charge in [0.1, 0.15) is 12.1 Å². The maximum atomic E-state index is 12.9. The molecule has 24 heavy (non-hydrogen) atoms. The molecule has 1 aliphatic heterocycles. The molecular formula is C17H20FN5O. The van der Waals surface area contributed by atoms with Gasteiger partial charge in [-0.15, -0.1) is 0 Å². The third-order valence-corrected chi connectivity index (χ3v) is 5.24. The molecule has 1 aliphatic carbocycles. The number of anilines is 1. The van der Waals surface area contributed by atoms with E-state index in [1.54, 1.807) is 6.33 Å². The Morgan fingerprint density at radius 1 is 1.29 bits per heavy atom. The molecule has 0 aromatic carbocycles. The van der Waals surface area contributed by atoms with E-state index in [9.17, 15) is 4.39 Å². The minimum Gasteiger partial charge on any atom is -0.463 e. The van der Waals surface area contributed by atoms with Crippen LogP contribution in [0, 0.1) is 24.1 Å². The second kappa shape index (κ2) is 5.96. The Hall–Kier alpha value is -2.31. The highest BCUT2D eigenvalue weighted by molar-refractivity contribution is 5.41. The van der Waals surface area contributed by atoms with Crippen LogP contribution in [0.5, 0.6) is 6.01 Å². The fourth-order valence-corrected chi connectivity index (χ4v) is 4.02. The van der Waals surface area contributed by atoms with Gasteiger partial charge in [-0.1, -0.05) is 6.42 Å². The molecule has 2 atom stereocenters. The number of aryl methyl sites for hydroxylation is 1. The van der Waals surface area contributed by atoms with Gasteiger partial charge in [-0.2, -0.15) is 0 Å². The van der Waals surface area contributed by atoms with Crippen molar-refractivity contribution in [1.29, 1.82) is 0 Å². The molecule has 0 amide bonds. The number of ether oxygens (including phenoxy) is 1. The van der Waals surface area contributed by atoms with E-state index in [1.807, 2.05) is 13.0 Å². The molecule has 1 saturated carbocycles. The van der Waals surface area contributed by atoms with Crippen molar-refractivity contribution in [1.82, 2.24) is 19.9 Å². The Labute approximate surface area is 140 Å². The lowest BCUT2D eigenvalue weighted by atomic mass is 9.82. The maximum Gasteiger partial charge on any atom is 0.316 e. The number of rotatable bonds is 4. The van der Waals surface area contributed by atoms with Gasteiger partial charge >= 0.3 is 6.01 Å². The fourth-order valence-electron chi connectivity index (χ4n) is 4.02. The normalized spacial score (nSPS) is 25.8. The number of aromatic nitrogens is 4. The van der Waals surface area contributed by atoms with Crippen LogP contribution >= 0.6 is 0 Å². The monoisotopic (exact) mass is 329 g/mol. The zero-order valence-electron chi connectivity index (χ0n) is 13.7. The number of hydrogen-bond donors (Lipinski definition) is 0. The van der Waals surface area contributed by atoms with Crippen LogP contribution in [-0.4, -0.2) is 39.6 Å². The maximum absolute atomic E-state index is 12.9. The van der Waals surface area contributed by atoms with Crippen LogP contribution in [0.3, 0.4) is 0 Å². The van der Waals surface area contributed by atoms with E-state index >= 15 is 0 Å². The summed E-state index contributed by atoms with van der Waals surface area (Å²) in [5.74, 6) is 1.10. The van der Waals surface area contributed by atoms with Crippen molar-refractivity contribution < 1.29 is 9.13 Å². The first-order valence-corrected chi connectivity index (χ1v) is 8.29. The van der Waals surface area contributed by atoms with Crippen LogP contribution in [-0.2, 0) is 0 Å². The highest BCUT2D eigenvalue weighted by Crippen LogP contribution is 2.49. The molecule has 6 nitrogen and oxygen atoms in total. The second-order valence-electron chi connectivity index (χ2n) is 6.82. The average Bonchev–Trinajstić information content (AvgIpc) is 3.12. The molecule has 2 fully saturated rings. The van der Waals surface area contributed by atoms with Crippen molar-refractivity contribution in [3.63, 3.8) is 0 Å². The zero-order valence-corrected chi connectivity index (χ0v) is 13.7. The quantitative estimate of drug-likeness (QED) is 0.858. The Morgan fingerprint density at radius 3 is 2.92 bits per heavy atom. The van der Waals surface area contributed by atoms with Crippen LogP contribution in [0.15, 0.2) is 24.8 Å². The highest BCUT2D eigenvalue weighted by Gasteiger charge is 2.50. The molecule has 0 N–H and O–H groups in total. The number of fused-ring (bicyclic) bond motifs is 1. The highest BCUT2D eigenvalue weighted by atomic mass is 19.1. The van der Waals surface area contributed by atoms with Crippen molar-refractivity contribution in [3.05, 3.63) is 36.3 Å². The first kappa shape index (κ1) is 15.2. The summed E-state index contributed by atoms with van der Waals surface area (Å²) >= 11 is 0. The summed E-state index contributed by atoms with van der Waals surface area (Å²) in [5, 5.41) is 0. The average molecular weight is 329 g/mol. The topological polar surface area (TPSA) is 64.0 Å². The van der Waals surface area contributed by atoms with E-state index in [4.69, 9.17) is 4.74 Å². The summed E-state index contributed by atoms with van der Waals surface area (Å²) in [6, 6.07) is 2.27. The number of hydrogen-bond acceptors (Lipinski definition) is 6. The third-order valence-electron chi connectivity index (χ3n) is 5.24. The SMILES string of the molecule is Cc1cc(N2CC3CCCC3(COc3ncc(F)cn3)C2)ncn1. The van der Waals surface area contributed by atoms with Gasteiger partial charge in [0, 0.05) is 30.3 Å². The molecule has 2 aliphatic rings. The van der Waals surface area contributed by atoms with Gasteiger partial charge in [0.15, 0.2) is 5.82 Å². The van der Waals surface area contributed by atoms with Crippen molar-refractivity contribution in [2.45, 2.75) is 26.2 Å². The summed E-state index contributed by atoms with van der Waals surface area (Å²) in [7, 11) is 0. The summed E-state index contributed by atoms with van der Waals surface area (Å²) in [6.07, 6.45) is 7.43. The van der Waals surface area contributed by atoms with Crippen molar-refractivity contribution >= 4 is 5.82 Å². The van der Waals surface area contributed by atoms with Gasteiger partial charge in [-0.25, -0.2) is 24.3 Å². The predicted molar refractivity (Wildman–Crippen MR) is 86.2 cm³/mol. The van der Waals surface area contributed by atoms with Crippen molar-refractivity contribution in [3.8, 4) is 6.01 Å². The zero-order chi connectivity index (χ0) is 16.6. The van der Waals surface area contributed by atoms with E-state index in [2.05, 4.69) is 24.8 Å². The van der Waals surface area contributed by atoms with Gasteiger partial charge in [-0.05, 0) is 25.7 Å². The Balaban J connectivity index is 1.49. The van der Waals surface area contributed by atoms with E-state index in [0.717, 1.165) is 43.4 Å². The lowest BCUT2D eigenvalue weighted by molar-refractivity contribution is 0.129. The summed E-state index contributed by atoms with van der Waals surface area (Å²) < 4.78 is 18.7. The van der Waals surface area contributed by atoms with Gasteiger partial charge < -0.3 is 9.64 Å². The molecule has 4 rings (SSSR count). The van der Waals surface area contributed by atoms with E-state index in [0.29, 0.717) is 12.5 Å². The molecular weight excluding hydrogens is 309 g/mol. The van der Waals surface area contributed by atoms with Crippen molar-refractivity contribution in [2.24, 2.45) is 11.3 Å². The fraction of sp³-hybridized carbons (Fsp3) is 0.529. The molecule has 2 unspecified atom stereocenters. The van der Waals surface area contributed by atoms with E-state index < -0.39 is 5.82 Å². The molecule has 0 spiro atoms. The van der Waals surface area contributed by atoms with E-state index in [-0.39, 0.29) is 11.4 Å². The molecule has 7 heteroatoms. The lowest BCUT2D eigenvalue weighted by Gasteiger charge is -2.28. The van der Waals surface area contributed by atoms with Crippen molar-refractivity contribution in [2.75, 3.05) is 24.6 Å². The van der Waals surface area contributed by atoms with Crippen LogP contribution < -0.4 is 9.64 Å². The number of halogens is 1. The molecule has 3 heterocycles. The predicted octanol–water partition coefficient (Wildman–Crippen LogP) is 2.40. The van der Waals surface area contributed by atoms with Crippen LogP contribution in [0.1, 0.15) is 25.0 Å². The first-order chi connectivity index (χ1) is 11.6. The Bertz CT molecular complexity index is 725. The molecule has 2 aromatic rings. The van der Waals surface area contributed by atoms with Crippen LogP contribution in [0.25, 0.3) is 0 Å². The van der Waals surface area contributed by atoms with Crippen LogP contribution in [0.2, 0.25) is 0 Å². The van der Waals surface area contributed by atoms with Gasteiger partial charge in [0.25, 0.3) is 0 Å². The van der Waals surface area contributed by atoms with Gasteiger partial charge in [-0.3, -0.25) is 0 Å².